The summed E-state index contributed by atoms with van der Waals surface area (Å²) in [5.74, 6) is -0.367. The van der Waals surface area contributed by atoms with Crippen molar-refractivity contribution in [3.8, 4) is 0 Å². The lowest BCUT2D eigenvalue weighted by atomic mass is 10.0. The first-order valence-corrected chi connectivity index (χ1v) is 13.1. The summed E-state index contributed by atoms with van der Waals surface area (Å²) in [5.41, 5.74) is 2.85. The summed E-state index contributed by atoms with van der Waals surface area (Å²) in [6, 6.07) is 14.3. The topological polar surface area (TPSA) is 90.2 Å². The van der Waals surface area contributed by atoms with Gasteiger partial charge in [0.05, 0.1) is 10.6 Å². The van der Waals surface area contributed by atoms with Crippen LogP contribution in [0.25, 0.3) is 0 Å². The third kappa shape index (κ3) is 8.30. The highest BCUT2D eigenvalue weighted by molar-refractivity contribution is 7.92. The van der Waals surface area contributed by atoms with Crippen LogP contribution in [0.2, 0.25) is 0 Å². The molecule has 34 heavy (non-hydrogen) atoms. The van der Waals surface area contributed by atoms with Crippen LogP contribution >= 0.6 is 0 Å². The summed E-state index contributed by atoms with van der Waals surface area (Å²) in [7, 11) is -3.85. The average molecular weight is 487 g/mol. The number of rotatable bonds is 5. The molecule has 2 aromatic carbocycles. The molecular weight excluding hydrogens is 448 g/mol. The number of pyridine rings is 1. The maximum Gasteiger partial charge on any atom is 0.261 e. The Labute approximate surface area is 205 Å². The summed E-state index contributed by atoms with van der Waals surface area (Å²) >= 11 is 0. The van der Waals surface area contributed by atoms with Crippen LogP contribution in [-0.4, -0.2) is 14.2 Å². The minimum absolute atomic E-state index is 0.111. The van der Waals surface area contributed by atoms with Crippen LogP contribution in [0, 0.1) is 26.0 Å². The molecule has 1 aromatic heterocycles. The van der Waals surface area contributed by atoms with Gasteiger partial charge in [-0.05, 0) is 38.1 Å². The van der Waals surface area contributed by atoms with E-state index >= 15 is 0 Å². The maximum absolute atomic E-state index is 13.0. The first kappa shape index (κ1) is 30.8. The number of nitrogens with zero attached hydrogens (tertiary/aromatic N) is 1. The Morgan fingerprint density at radius 2 is 1.32 bits per heavy atom. The van der Waals surface area contributed by atoms with Crippen LogP contribution < -0.4 is 9.45 Å². The van der Waals surface area contributed by atoms with Gasteiger partial charge in [0.1, 0.15) is 0 Å². The zero-order valence-corrected chi connectivity index (χ0v) is 22.6. The van der Waals surface area contributed by atoms with E-state index in [1.165, 1.54) is 30.5 Å². The molecule has 0 spiro atoms. The van der Waals surface area contributed by atoms with Crippen LogP contribution in [0.1, 0.15) is 74.3 Å². The lowest BCUT2D eigenvalue weighted by Gasteiger charge is -2.13. The summed E-state index contributed by atoms with van der Waals surface area (Å²) < 4.78 is 28.7. The lowest BCUT2D eigenvalue weighted by Crippen LogP contribution is -2.29. The largest absolute Gasteiger partial charge is 0.619 e. The van der Waals surface area contributed by atoms with Gasteiger partial charge in [0, 0.05) is 30.2 Å². The van der Waals surface area contributed by atoms with E-state index in [1.54, 1.807) is 37.3 Å². The molecular formula is C27H38N2O4S. The van der Waals surface area contributed by atoms with E-state index in [1.807, 2.05) is 55.4 Å². The number of ketones is 1. The first-order chi connectivity index (χ1) is 16.2. The van der Waals surface area contributed by atoms with E-state index in [0.717, 1.165) is 11.1 Å². The molecule has 0 saturated carbocycles. The summed E-state index contributed by atoms with van der Waals surface area (Å²) in [5, 5.41) is 11.5. The number of nitrogens with one attached hydrogen (secondary N) is 1. The molecule has 0 bridgehead atoms. The predicted octanol–water partition coefficient (Wildman–Crippen LogP) is 6.36. The zero-order chi connectivity index (χ0) is 26.5. The second-order valence-electron chi connectivity index (χ2n) is 6.68. The van der Waals surface area contributed by atoms with Crippen LogP contribution in [0.3, 0.4) is 0 Å². The molecule has 3 rings (SSSR count). The normalized spacial score (nSPS) is 9.79. The summed E-state index contributed by atoms with van der Waals surface area (Å²) in [4.78, 5) is 13.1. The highest BCUT2D eigenvalue weighted by Gasteiger charge is 2.21. The van der Waals surface area contributed by atoms with E-state index in [0.29, 0.717) is 16.0 Å². The molecule has 0 saturated heterocycles. The first-order valence-electron chi connectivity index (χ1n) is 11.6. The number of hydrogen-bond donors (Lipinski definition) is 1. The van der Waals surface area contributed by atoms with Crippen LogP contribution in [0.5, 0.6) is 0 Å². The molecule has 1 heterocycles. The minimum Gasteiger partial charge on any atom is -0.619 e. The van der Waals surface area contributed by atoms with Gasteiger partial charge in [0.25, 0.3) is 10.0 Å². The molecule has 6 nitrogen and oxygen atoms in total. The summed E-state index contributed by atoms with van der Waals surface area (Å²) in [6.45, 7) is 17.3. The van der Waals surface area contributed by atoms with Crippen molar-refractivity contribution in [1.29, 1.82) is 0 Å². The quantitative estimate of drug-likeness (QED) is 0.258. The van der Waals surface area contributed by atoms with Crippen molar-refractivity contribution in [1.82, 2.24) is 0 Å². The van der Waals surface area contributed by atoms with Crippen molar-refractivity contribution in [3.63, 3.8) is 0 Å². The number of benzene rings is 2. The molecule has 0 aliphatic carbocycles. The molecule has 0 amide bonds. The molecule has 0 atom stereocenters. The fourth-order valence-electron chi connectivity index (χ4n) is 2.76. The van der Waals surface area contributed by atoms with Crippen molar-refractivity contribution in [3.05, 3.63) is 93.9 Å². The third-order valence-electron chi connectivity index (χ3n) is 4.36. The Balaban J connectivity index is 0.00000168. The Kier molecular flexibility index (Phi) is 13.5. The average Bonchev–Trinajstić information content (AvgIpc) is 2.85. The van der Waals surface area contributed by atoms with Gasteiger partial charge in [-0.3, -0.25) is 9.52 Å². The molecule has 0 unspecified atom stereocenters. The smallest absolute Gasteiger partial charge is 0.261 e. The number of hydrogen-bond acceptors (Lipinski definition) is 4. The molecule has 7 heteroatoms. The van der Waals surface area contributed by atoms with Gasteiger partial charge in [-0.25, -0.2) is 8.42 Å². The second kappa shape index (κ2) is 14.9. The Bertz CT molecular complexity index is 1160. The Morgan fingerprint density at radius 3 is 1.85 bits per heavy atom. The Morgan fingerprint density at radius 1 is 0.794 bits per heavy atom. The van der Waals surface area contributed by atoms with Gasteiger partial charge in [-0.2, -0.15) is 4.73 Å². The van der Waals surface area contributed by atoms with Gasteiger partial charge < -0.3 is 5.21 Å². The molecule has 3 aromatic rings. The van der Waals surface area contributed by atoms with Gasteiger partial charge in [0.2, 0.25) is 0 Å². The van der Waals surface area contributed by atoms with Gasteiger partial charge in [-0.15, -0.1) is 0 Å². The molecule has 0 aliphatic rings. The van der Waals surface area contributed by atoms with Crippen molar-refractivity contribution in [2.45, 2.75) is 67.2 Å². The van der Waals surface area contributed by atoms with Gasteiger partial charge in [0.15, 0.2) is 17.7 Å². The SMILES string of the molecule is CC.CC.CC.Cc1ccc(S(=O)(=O)Nc2ccc(C)cc2C(=O)c2cc[n+]([O-])c(C)c2)cc1. The number of aromatic nitrogens is 1. The van der Waals surface area contributed by atoms with Crippen LogP contribution in [-0.2, 0) is 10.0 Å². The van der Waals surface area contributed by atoms with Crippen LogP contribution in [0.4, 0.5) is 5.69 Å². The zero-order valence-electron chi connectivity index (χ0n) is 21.8. The summed E-state index contributed by atoms with van der Waals surface area (Å²) in [6.07, 6.45) is 1.26. The van der Waals surface area contributed by atoms with E-state index in [-0.39, 0.29) is 21.9 Å². The molecule has 0 radical (unpaired) electrons. The molecule has 0 fully saturated rings. The molecule has 186 valence electrons. The third-order valence-corrected chi connectivity index (χ3v) is 5.74. The van der Waals surface area contributed by atoms with E-state index < -0.39 is 10.0 Å². The maximum atomic E-state index is 13.0. The molecule has 0 aliphatic heterocycles. The van der Waals surface area contributed by atoms with E-state index in [2.05, 4.69) is 4.72 Å². The number of anilines is 1. The monoisotopic (exact) mass is 486 g/mol. The highest BCUT2D eigenvalue weighted by atomic mass is 32.2. The number of carbonyl (C=O) groups excluding carboxylic acids is 1. The van der Waals surface area contributed by atoms with Crippen molar-refractivity contribution < 1.29 is 17.9 Å². The van der Waals surface area contributed by atoms with Crippen LogP contribution in [0.15, 0.2) is 65.7 Å². The number of carbonyl (C=O) groups is 1. The van der Waals surface area contributed by atoms with E-state index in [4.69, 9.17) is 0 Å². The number of sulfonamides is 1. The fourth-order valence-corrected chi connectivity index (χ4v) is 3.83. The minimum atomic E-state index is -3.85. The fraction of sp³-hybridized carbons (Fsp3) is 0.333. The molecule has 1 N–H and O–H groups in total. The van der Waals surface area contributed by atoms with Gasteiger partial charge in [-0.1, -0.05) is 70.9 Å². The number of aryl methyl sites for hydroxylation is 3. The van der Waals surface area contributed by atoms with E-state index in [9.17, 15) is 18.4 Å². The second-order valence-corrected chi connectivity index (χ2v) is 8.36. The highest BCUT2D eigenvalue weighted by Crippen LogP contribution is 2.24. The lowest BCUT2D eigenvalue weighted by molar-refractivity contribution is -0.612. The predicted molar refractivity (Wildman–Crippen MR) is 141 cm³/mol. The van der Waals surface area contributed by atoms with Crippen molar-refractivity contribution in [2.24, 2.45) is 0 Å². The Hall–Kier alpha value is -3.19. The standard InChI is InChI=1S/C21H20N2O4S.3C2H6/c1-14-4-7-18(8-5-14)28(26,27)22-20-9-6-15(2)12-19(20)21(24)17-10-11-23(25)16(3)13-17;3*1-2/h4-13,22H,1-3H3;3*1-2H3. The van der Waals surface area contributed by atoms with Crippen molar-refractivity contribution in [2.75, 3.05) is 4.72 Å². The van der Waals surface area contributed by atoms with Gasteiger partial charge >= 0.3 is 0 Å². The van der Waals surface area contributed by atoms with Crippen molar-refractivity contribution >= 4 is 21.5 Å².